The second kappa shape index (κ2) is 9.80. The summed E-state index contributed by atoms with van der Waals surface area (Å²) in [5, 5.41) is 11.8. The monoisotopic (exact) mass is 525 g/mol. The van der Waals surface area contributed by atoms with Crippen molar-refractivity contribution in [3.8, 4) is 0 Å². The maximum Gasteiger partial charge on any atom is 0.335 e. The number of fused-ring (bicyclic) bond motifs is 1. The second-order valence-electron chi connectivity index (χ2n) is 6.54. The minimum Gasteiger partial charge on any atom is -0.478 e. The zero-order valence-corrected chi connectivity index (χ0v) is 18.2. The topological polar surface area (TPSA) is 139 Å². The van der Waals surface area contributed by atoms with Crippen molar-refractivity contribution in [2.24, 2.45) is 0 Å². The molecule has 3 N–H and O–H groups in total. The number of benzene rings is 1. The molecule has 1 amide bonds. The van der Waals surface area contributed by atoms with Gasteiger partial charge in [-0.25, -0.2) is 9.78 Å². The number of carbonyl (C=O) groups is 2. The average molecular weight is 525 g/mol. The van der Waals surface area contributed by atoms with Crippen LogP contribution in [0.25, 0.3) is 11.2 Å². The lowest BCUT2D eigenvalue weighted by molar-refractivity contribution is -0.114. The fraction of sp³-hybridized carbons (Fsp3) is 0.316. The smallest absolute Gasteiger partial charge is 0.335 e. The average Bonchev–Trinajstić information content (AvgIpc) is 3.09. The molecule has 0 spiro atoms. The molecule has 0 saturated carbocycles. The number of hydrogen-bond acceptors (Lipinski definition) is 6. The highest BCUT2D eigenvalue weighted by molar-refractivity contribution is 14.1. The van der Waals surface area contributed by atoms with E-state index in [2.05, 4.69) is 42.9 Å². The van der Waals surface area contributed by atoms with Crippen LogP contribution in [0.2, 0.25) is 0 Å². The van der Waals surface area contributed by atoms with Crippen LogP contribution in [0.15, 0.2) is 35.4 Å². The normalized spacial score (nSPS) is 12.1. The van der Waals surface area contributed by atoms with Crippen LogP contribution in [0, 0.1) is 0 Å². The van der Waals surface area contributed by atoms with E-state index in [1.807, 2.05) is 0 Å². The van der Waals surface area contributed by atoms with Gasteiger partial charge >= 0.3 is 5.97 Å². The first-order chi connectivity index (χ1) is 14.4. The number of amides is 1. The number of nitrogens with one attached hydrogen (secondary N) is 2. The molecule has 0 fully saturated rings. The molecule has 0 aliphatic heterocycles. The SMILES string of the molecule is CC(=O)Nc1nc2ncn(CO[C@@H](CCI)Cc3ccccc3C(=O)O)c2c(=O)[nH]1. The zero-order chi connectivity index (χ0) is 21.7. The van der Waals surface area contributed by atoms with Crippen LogP contribution in [-0.4, -0.2) is 47.0 Å². The Morgan fingerprint density at radius 3 is 2.83 bits per heavy atom. The first-order valence-electron chi connectivity index (χ1n) is 9.10. The number of carboxylic acids is 1. The number of imidazole rings is 1. The van der Waals surface area contributed by atoms with E-state index in [1.165, 1.54) is 17.8 Å². The molecule has 3 rings (SSSR count). The zero-order valence-electron chi connectivity index (χ0n) is 16.1. The number of H-pyrrole nitrogens is 1. The fourth-order valence-electron chi connectivity index (χ4n) is 3.01. The predicted octanol–water partition coefficient (Wildman–Crippen LogP) is 2.19. The third-order valence-electron chi connectivity index (χ3n) is 4.35. The minimum atomic E-state index is -0.980. The first kappa shape index (κ1) is 21.9. The second-order valence-corrected chi connectivity index (χ2v) is 7.62. The van der Waals surface area contributed by atoms with Gasteiger partial charge in [0.15, 0.2) is 11.2 Å². The van der Waals surface area contributed by atoms with E-state index in [1.54, 1.807) is 24.3 Å². The summed E-state index contributed by atoms with van der Waals surface area (Å²) in [5.41, 5.74) is 0.899. The van der Waals surface area contributed by atoms with Gasteiger partial charge in [0.2, 0.25) is 11.9 Å². The van der Waals surface area contributed by atoms with Crippen molar-refractivity contribution in [3.63, 3.8) is 0 Å². The van der Waals surface area contributed by atoms with Gasteiger partial charge in [-0.2, -0.15) is 4.98 Å². The Labute approximate surface area is 184 Å². The molecule has 2 aromatic heterocycles. The standard InChI is InChI=1S/C19H20IN5O5/c1-11(26)22-19-23-16-15(17(27)24-19)25(9-21-16)10-30-13(6-7-20)8-12-4-2-3-5-14(12)18(28)29/h2-5,9,13H,6-8,10H2,1H3,(H,28,29)(H2,22,23,24,26,27)/t13-/m0/s1. The summed E-state index contributed by atoms with van der Waals surface area (Å²) in [5.74, 6) is -1.31. The molecule has 1 atom stereocenters. The Bertz CT molecular complexity index is 1130. The van der Waals surface area contributed by atoms with Gasteiger partial charge in [-0.3, -0.25) is 19.9 Å². The molecule has 0 unspecified atom stereocenters. The van der Waals surface area contributed by atoms with Gasteiger partial charge in [0.1, 0.15) is 6.73 Å². The van der Waals surface area contributed by atoms with E-state index in [0.29, 0.717) is 18.4 Å². The molecule has 158 valence electrons. The van der Waals surface area contributed by atoms with Crippen LogP contribution in [0.5, 0.6) is 0 Å². The van der Waals surface area contributed by atoms with E-state index in [-0.39, 0.29) is 41.4 Å². The summed E-state index contributed by atoms with van der Waals surface area (Å²) in [7, 11) is 0. The highest BCUT2D eigenvalue weighted by atomic mass is 127. The third kappa shape index (κ3) is 5.21. The fourth-order valence-corrected chi connectivity index (χ4v) is 3.71. The van der Waals surface area contributed by atoms with Gasteiger partial charge in [0.05, 0.1) is 18.0 Å². The number of aromatic carboxylic acids is 1. The Balaban J connectivity index is 1.78. The molecule has 3 aromatic rings. The number of halogens is 1. The lowest BCUT2D eigenvalue weighted by atomic mass is 10.0. The molecular weight excluding hydrogens is 505 g/mol. The summed E-state index contributed by atoms with van der Waals surface area (Å²) >= 11 is 2.24. The van der Waals surface area contributed by atoms with Crippen molar-refractivity contribution >= 4 is 51.6 Å². The first-order valence-corrected chi connectivity index (χ1v) is 10.6. The Morgan fingerprint density at radius 1 is 1.37 bits per heavy atom. The molecule has 1 aromatic carbocycles. The third-order valence-corrected chi connectivity index (χ3v) is 4.98. The molecule has 0 aliphatic carbocycles. The number of carbonyl (C=O) groups excluding carboxylic acids is 1. The molecule has 0 saturated heterocycles. The predicted molar refractivity (Wildman–Crippen MR) is 118 cm³/mol. The Hall–Kier alpha value is -2.80. The number of aromatic amines is 1. The number of ether oxygens (including phenoxy) is 1. The van der Waals surface area contributed by atoms with Crippen molar-refractivity contribution in [1.29, 1.82) is 0 Å². The summed E-state index contributed by atoms with van der Waals surface area (Å²) in [6.07, 6.45) is 2.34. The lowest BCUT2D eigenvalue weighted by Crippen LogP contribution is -2.22. The number of rotatable bonds is 9. The molecular formula is C19H20IN5O5. The Kier molecular flexibility index (Phi) is 7.15. The quantitative estimate of drug-likeness (QED) is 0.288. The van der Waals surface area contributed by atoms with Gasteiger partial charge in [-0.05, 0) is 24.5 Å². The molecule has 11 heteroatoms. The number of hydrogen-bond donors (Lipinski definition) is 3. The van der Waals surface area contributed by atoms with E-state index in [9.17, 15) is 19.5 Å². The maximum absolute atomic E-state index is 12.4. The Morgan fingerprint density at radius 2 is 2.13 bits per heavy atom. The maximum atomic E-state index is 12.4. The number of nitrogens with zero attached hydrogens (tertiary/aromatic N) is 3. The molecule has 0 bridgehead atoms. The van der Waals surface area contributed by atoms with Gasteiger partial charge in [0.25, 0.3) is 5.56 Å². The van der Waals surface area contributed by atoms with Crippen molar-refractivity contribution < 1.29 is 19.4 Å². The van der Waals surface area contributed by atoms with Crippen LogP contribution >= 0.6 is 22.6 Å². The minimum absolute atomic E-state index is 0.0271. The summed E-state index contributed by atoms with van der Waals surface area (Å²) < 4.78 is 8.35. The van der Waals surface area contributed by atoms with Crippen LogP contribution in [0.3, 0.4) is 0 Å². The van der Waals surface area contributed by atoms with Crippen LogP contribution in [-0.2, 0) is 22.7 Å². The lowest BCUT2D eigenvalue weighted by Gasteiger charge is -2.18. The molecule has 0 radical (unpaired) electrons. The van der Waals surface area contributed by atoms with E-state index in [4.69, 9.17) is 4.74 Å². The van der Waals surface area contributed by atoms with Crippen molar-refractivity contribution in [1.82, 2.24) is 19.5 Å². The van der Waals surface area contributed by atoms with Gasteiger partial charge in [-0.1, -0.05) is 40.8 Å². The van der Waals surface area contributed by atoms with E-state index in [0.717, 1.165) is 4.43 Å². The summed E-state index contributed by atoms with van der Waals surface area (Å²) in [6.45, 7) is 1.36. The van der Waals surface area contributed by atoms with E-state index < -0.39 is 11.5 Å². The molecule has 2 heterocycles. The largest absolute Gasteiger partial charge is 0.478 e. The number of carboxylic acid groups (broad SMARTS) is 1. The summed E-state index contributed by atoms with van der Waals surface area (Å²) in [4.78, 5) is 45.8. The molecule has 0 aliphatic rings. The number of alkyl halides is 1. The number of anilines is 1. The van der Waals surface area contributed by atoms with Crippen LogP contribution in [0.1, 0.15) is 29.3 Å². The van der Waals surface area contributed by atoms with Crippen LogP contribution in [0.4, 0.5) is 5.95 Å². The highest BCUT2D eigenvalue weighted by Crippen LogP contribution is 2.17. The molecule has 30 heavy (non-hydrogen) atoms. The van der Waals surface area contributed by atoms with Gasteiger partial charge < -0.3 is 14.4 Å². The van der Waals surface area contributed by atoms with Crippen LogP contribution < -0.4 is 10.9 Å². The molecule has 10 nitrogen and oxygen atoms in total. The highest BCUT2D eigenvalue weighted by Gasteiger charge is 2.17. The van der Waals surface area contributed by atoms with Gasteiger partial charge in [-0.15, -0.1) is 0 Å². The van der Waals surface area contributed by atoms with E-state index >= 15 is 0 Å². The van der Waals surface area contributed by atoms with Crippen molar-refractivity contribution in [2.45, 2.75) is 32.6 Å². The van der Waals surface area contributed by atoms with Gasteiger partial charge in [0, 0.05) is 11.4 Å². The van der Waals surface area contributed by atoms with Crippen molar-refractivity contribution in [2.75, 3.05) is 9.74 Å². The summed E-state index contributed by atoms with van der Waals surface area (Å²) in [6, 6.07) is 6.83. The number of aromatic nitrogens is 4. The van der Waals surface area contributed by atoms with Crippen molar-refractivity contribution in [3.05, 3.63) is 52.1 Å².